The van der Waals surface area contributed by atoms with Crippen LogP contribution in [0.15, 0.2) is 35.5 Å². The number of aromatic nitrogens is 2. The van der Waals surface area contributed by atoms with Crippen molar-refractivity contribution in [3.63, 3.8) is 0 Å². The third-order valence-corrected chi connectivity index (χ3v) is 5.83. The van der Waals surface area contributed by atoms with E-state index in [0.717, 1.165) is 25.9 Å². The summed E-state index contributed by atoms with van der Waals surface area (Å²) in [6.07, 6.45) is 6.41. The zero-order chi connectivity index (χ0) is 17.2. The molecule has 0 amide bonds. The van der Waals surface area contributed by atoms with Crippen LogP contribution in [0.1, 0.15) is 19.3 Å². The van der Waals surface area contributed by atoms with Crippen LogP contribution in [0.5, 0.6) is 0 Å². The number of nitrogens with zero attached hydrogens (tertiary/aromatic N) is 2. The van der Waals surface area contributed by atoms with Crippen molar-refractivity contribution in [2.75, 3.05) is 11.3 Å². The second-order valence-corrected chi connectivity index (χ2v) is 8.11. The Balaban J connectivity index is 1.72. The van der Waals surface area contributed by atoms with Gasteiger partial charge in [0.1, 0.15) is 4.90 Å². The van der Waals surface area contributed by atoms with Crippen LogP contribution in [-0.2, 0) is 21.3 Å². The summed E-state index contributed by atoms with van der Waals surface area (Å²) >= 11 is 11.8. The van der Waals surface area contributed by atoms with Gasteiger partial charge in [-0.1, -0.05) is 23.2 Å². The summed E-state index contributed by atoms with van der Waals surface area (Å²) in [5, 5.41) is 4.58. The average Bonchev–Trinajstić information content (AvgIpc) is 2.97. The molecule has 130 valence electrons. The van der Waals surface area contributed by atoms with Crippen molar-refractivity contribution in [1.29, 1.82) is 0 Å². The van der Waals surface area contributed by atoms with Crippen LogP contribution in [0.3, 0.4) is 0 Å². The minimum Gasteiger partial charge on any atom is -0.376 e. The van der Waals surface area contributed by atoms with Crippen LogP contribution >= 0.6 is 23.2 Å². The smallest absolute Gasteiger partial charge is 0.263 e. The number of ether oxygens (including phenoxy) is 1. The van der Waals surface area contributed by atoms with Crippen molar-refractivity contribution in [3.05, 3.63) is 40.6 Å². The van der Waals surface area contributed by atoms with Crippen LogP contribution in [0.25, 0.3) is 0 Å². The minimum atomic E-state index is -3.84. The molecule has 1 atom stereocenters. The summed E-state index contributed by atoms with van der Waals surface area (Å²) in [5.74, 6) is 0. The Bertz CT molecular complexity index is 817. The van der Waals surface area contributed by atoms with Gasteiger partial charge in [0.05, 0.1) is 29.6 Å². The van der Waals surface area contributed by atoms with Gasteiger partial charge in [-0.15, -0.1) is 0 Å². The topological polar surface area (TPSA) is 73.2 Å². The molecule has 1 aromatic heterocycles. The summed E-state index contributed by atoms with van der Waals surface area (Å²) in [7, 11) is -3.84. The normalized spacial score (nSPS) is 18.5. The fraction of sp³-hybridized carbons (Fsp3) is 0.400. The lowest BCUT2D eigenvalue weighted by Gasteiger charge is -2.22. The molecule has 3 rings (SSSR count). The van der Waals surface area contributed by atoms with Gasteiger partial charge in [-0.05, 0) is 37.5 Å². The molecular formula is C15H17Cl2N3O3S. The van der Waals surface area contributed by atoms with Gasteiger partial charge < -0.3 is 4.74 Å². The molecule has 0 bridgehead atoms. The third-order valence-electron chi connectivity index (χ3n) is 3.73. The molecular weight excluding hydrogens is 373 g/mol. The van der Waals surface area contributed by atoms with Crippen LogP contribution in [0.4, 0.5) is 5.69 Å². The molecule has 24 heavy (non-hydrogen) atoms. The van der Waals surface area contributed by atoms with Gasteiger partial charge in [0.2, 0.25) is 0 Å². The van der Waals surface area contributed by atoms with Crippen LogP contribution < -0.4 is 4.72 Å². The van der Waals surface area contributed by atoms with E-state index in [2.05, 4.69) is 9.82 Å². The Labute approximate surface area is 150 Å². The third kappa shape index (κ3) is 4.22. The SMILES string of the molecule is O=S(=O)(Nc1cnn(C[C@@H]2CCCCO2)c1)c1cc(Cl)ccc1Cl. The van der Waals surface area contributed by atoms with Crippen LogP contribution in [0, 0.1) is 0 Å². The van der Waals surface area contributed by atoms with Crippen molar-refractivity contribution in [3.8, 4) is 0 Å². The van der Waals surface area contributed by atoms with Crippen molar-refractivity contribution in [2.45, 2.75) is 36.8 Å². The molecule has 1 N–H and O–H groups in total. The summed E-state index contributed by atoms with van der Waals surface area (Å²) < 4.78 is 34.7. The summed E-state index contributed by atoms with van der Waals surface area (Å²) in [5.41, 5.74) is 0.363. The number of hydrogen-bond acceptors (Lipinski definition) is 4. The Morgan fingerprint density at radius 2 is 2.17 bits per heavy atom. The Kier molecular flexibility index (Phi) is 5.34. The molecule has 1 aromatic carbocycles. The minimum absolute atomic E-state index is 0.0694. The molecule has 0 saturated carbocycles. The quantitative estimate of drug-likeness (QED) is 0.847. The predicted molar refractivity (Wildman–Crippen MR) is 93.1 cm³/mol. The molecule has 1 aliphatic heterocycles. The summed E-state index contributed by atoms with van der Waals surface area (Å²) in [6, 6.07) is 4.29. The van der Waals surface area contributed by atoms with E-state index in [9.17, 15) is 8.42 Å². The number of rotatable bonds is 5. The van der Waals surface area contributed by atoms with Crippen LogP contribution in [0.2, 0.25) is 10.0 Å². The predicted octanol–water partition coefficient (Wildman–Crippen LogP) is 3.56. The maximum Gasteiger partial charge on any atom is 0.263 e. The highest BCUT2D eigenvalue weighted by Gasteiger charge is 2.20. The van der Waals surface area contributed by atoms with Crippen molar-refractivity contribution < 1.29 is 13.2 Å². The largest absolute Gasteiger partial charge is 0.376 e. The van der Waals surface area contributed by atoms with E-state index in [4.69, 9.17) is 27.9 Å². The fourth-order valence-electron chi connectivity index (χ4n) is 2.57. The van der Waals surface area contributed by atoms with Gasteiger partial charge in [0.15, 0.2) is 0 Å². The van der Waals surface area contributed by atoms with E-state index in [-0.39, 0.29) is 16.0 Å². The molecule has 0 unspecified atom stereocenters. The fourth-order valence-corrected chi connectivity index (χ4v) is 4.36. The van der Waals surface area contributed by atoms with E-state index in [1.54, 1.807) is 10.9 Å². The van der Waals surface area contributed by atoms with Gasteiger partial charge in [0.25, 0.3) is 10.0 Å². The monoisotopic (exact) mass is 389 g/mol. The number of halogens is 2. The molecule has 6 nitrogen and oxygen atoms in total. The first-order chi connectivity index (χ1) is 11.4. The Morgan fingerprint density at radius 3 is 2.92 bits per heavy atom. The lowest BCUT2D eigenvalue weighted by molar-refractivity contribution is 0.00401. The van der Waals surface area contributed by atoms with Crippen molar-refractivity contribution in [2.24, 2.45) is 0 Å². The number of anilines is 1. The molecule has 9 heteroatoms. The van der Waals surface area contributed by atoms with Crippen molar-refractivity contribution in [1.82, 2.24) is 9.78 Å². The molecule has 0 aliphatic carbocycles. The maximum absolute atomic E-state index is 12.5. The number of benzene rings is 1. The molecule has 1 aliphatic rings. The first-order valence-electron chi connectivity index (χ1n) is 7.56. The molecule has 1 fully saturated rings. The van der Waals surface area contributed by atoms with Crippen molar-refractivity contribution >= 4 is 38.9 Å². The first-order valence-corrected chi connectivity index (χ1v) is 9.80. The van der Waals surface area contributed by atoms with E-state index < -0.39 is 10.0 Å². The maximum atomic E-state index is 12.5. The van der Waals surface area contributed by atoms with Gasteiger partial charge in [-0.25, -0.2) is 8.42 Å². The molecule has 0 spiro atoms. The van der Waals surface area contributed by atoms with E-state index in [1.807, 2.05) is 0 Å². The molecule has 1 saturated heterocycles. The highest BCUT2D eigenvalue weighted by atomic mass is 35.5. The highest BCUT2D eigenvalue weighted by Crippen LogP contribution is 2.26. The zero-order valence-electron chi connectivity index (χ0n) is 12.8. The Hall–Kier alpha value is -1.28. The van der Waals surface area contributed by atoms with Gasteiger partial charge in [-0.3, -0.25) is 9.40 Å². The number of nitrogens with one attached hydrogen (secondary N) is 1. The second kappa shape index (κ2) is 7.31. The summed E-state index contributed by atoms with van der Waals surface area (Å²) in [6.45, 7) is 1.36. The number of sulfonamides is 1. The second-order valence-electron chi connectivity index (χ2n) is 5.62. The molecule has 0 radical (unpaired) electrons. The van der Waals surface area contributed by atoms with E-state index in [1.165, 1.54) is 24.4 Å². The number of hydrogen-bond donors (Lipinski definition) is 1. The first kappa shape index (κ1) is 17.5. The standard InChI is InChI=1S/C15H17Cl2N3O3S/c16-11-4-5-14(17)15(7-11)24(21,22)19-12-8-18-20(9-12)10-13-3-1-2-6-23-13/h4-5,7-9,13,19H,1-3,6,10H2/t13-/m0/s1. The Morgan fingerprint density at radius 1 is 1.33 bits per heavy atom. The summed E-state index contributed by atoms with van der Waals surface area (Å²) in [4.78, 5) is -0.0694. The van der Waals surface area contributed by atoms with Gasteiger partial charge in [-0.2, -0.15) is 5.10 Å². The lowest BCUT2D eigenvalue weighted by atomic mass is 10.1. The molecule has 2 heterocycles. The lowest BCUT2D eigenvalue weighted by Crippen LogP contribution is -2.24. The zero-order valence-corrected chi connectivity index (χ0v) is 15.1. The van der Waals surface area contributed by atoms with E-state index >= 15 is 0 Å². The van der Waals surface area contributed by atoms with Gasteiger partial charge in [0, 0.05) is 17.8 Å². The average molecular weight is 390 g/mol. The van der Waals surface area contributed by atoms with Gasteiger partial charge >= 0.3 is 0 Å². The molecule has 2 aromatic rings. The highest BCUT2D eigenvalue weighted by molar-refractivity contribution is 7.92. The van der Waals surface area contributed by atoms with E-state index in [0.29, 0.717) is 17.3 Å². The van der Waals surface area contributed by atoms with Crippen LogP contribution in [-0.4, -0.2) is 30.9 Å².